The van der Waals surface area contributed by atoms with Crippen LogP contribution in [0.2, 0.25) is 0 Å². The summed E-state index contributed by atoms with van der Waals surface area (Å²) in [5, 5.41) is 12.1. The van der Waals surface area contributed by atoms with Crippen LogP contribution < -0.4 is 5.32 Å². The standard InChI is InChI=1S/C14H19NO4/c16-12(15-10-11-5-4-8-19-11)9-14(13(17)18)6-2-1-3-7-14/h4-5,8H,1-3,6-7,9-10H2,(H,15,16)(H,17,18). The van der Waals surface area contributed by atoms with Gasteiger partial charge in [-0.25, -0.2) is 0 Å². The molecular weight excluding hydrogens is 246 g/mol. The first kappa shape index (κ1) is 13.6. The fourth-order valence-electron chi connectivity index (χ4n) is 2.66. The number of carboxylic acids is 1. The fourth-order valence-corrected chi connectivity index (χ4v) is 2.66. The van der Waals surface area contributed by atoms with Crippen molar-refractivity contribution < 1.29 is 19.1 Å². The lowest BCUT2D eigenvalue weighted by Crippen LogP contribution is -2.39. The maximum Gasteiger partial charge on any atom is 0.310 e. The molecule has 19 heavy (non-hydrogen) atoms. The molecule has 2 N–H and O–H groups in total. The van der Waals surface area contributed by atoms with Gasteiger partial charge >= 0.3 is 5.97 Å². The second kappa shape index (κ2) is 5.91. The molecule has 1 fully saturated rings. The first-order valence-electron chi connectivity index (χ1n) is 6.65. The van der Waals surface area contributed by atoms with Crippen LogP contribution in [-0.4, -0.2) is 17.0 Å². The Balaban J connectivity index is 1.90. The van der Waals surface area contributed by atoms with Gasteiger partial charge in [-0.05, 0) is 25.0 Å². The lowest BCUT2D eigenvalue weighted by Gasteiger charge is -2.32. The summed E-state index contributed by atoms with van der Waals surface area (Å²) < 4.78 is 5.12. The third-order valence-corrected chi connectivity index (χ3v) is 3.80. The van der Waals surface area contributed by atoms with Crippen molar-refractivity contribution in [1.82, 2.24) is 5.32 Å². The number of amides is 1. The van der Waals surface area contributed by atoms with Crippen LogP contribution in [0, 0.1) is 5.41 Å². The van der Waals surface area contributed by atoms with Gasteiger partial charge in [0.25, 0.3) is 0 Å². The summed E-state index contributed by atoms with van der Waals surface area (Å²) in [6.45, 7) is 0.307. The summed E-state index contributed by atoms with van der Waals surface area (Å²) in [6.07, 6.45) is 5.62. The molecule has 1 heterocycles. The Morgan fingerprint density at radius 1 is 1.32 bits per heavy atom. The molecule has 1 aliphatic rings. The van der Waals surface area contributed by atoms with Crippen molar-refractivity contribution in [3.63, 3.8) is 0 Å². The van der Waals surface area contributed by atoms with Crippen LogP contribution in [0.5, 0.6) is 0 Å². The molecule has 0 unspecified atom stereocenters. The van der Waals surface area contributed by atoms with Gasteiger partial charge in [0.05, 0.1) is 18.2 Å². The normalized spacial score (nSPS) is 17.9. The number of carboxylic acid groups (broad SMARTS) is 1. The van der Waals surface area contributed by atoms with Gasteiger partial charge in [0.1, 0.15) is 5.76 Å². The monoisotopic (exact) mass is 265 g/mol. The Kier molecular flexibility index (Phi) is 4.24. The first-order chi connectivity index (χ1) is 9.12. The third-order valence-electron chi connectivity index (χ3n) is 3.80. The van der Waals surface area contributed by atoms with E-state index in [1.807, 2.05) is 0 Å². The van der Waals surface area contributed by atoms with Gasteiger partial charge in [-0.15, -0.1) is 0 Å². The quantitative estimate of drug-likeness (QED) is 0.856. The molecule has 1 saturated carbocycles. The number of hydrogen-bond donors (Lipinski definition) is 2. The number of carbonyl (C=O) groups excluding carboxylic acids is 1. The van der Waals surface area contributed by atoms with E-state index in [0.717, 1.165) is 19.3 Å². The minimum absolute atomic E-state index is 0.0586. The average Bonchev–Trinajstić information content (AvgIpc) is 2.90. The lowest BCUT2D eigenvalue weighted by molar-refractivity contribution is -0.154. The predicted octanol–water partition coefficient (Wildman–Crippen LogP) is 2.32. The number of carbonyl (C=O) groups is 2. The molecule has 2 rings (SSSR count). The second-order valence-corrected chi connectivity index (χ2v) is 5.18. The highest BCUT2D eigenvalue weighted by Gasteiger charge is 2.41. The Labute approximate surface area is 112 Å². The van der Waals surface area contributed by atoms with Crippen LogP contribution in [0.15, 0.2) is 22.8 Å². The van der Waals surface area contributed by atoms with Crippen LogP contribution >= 0.6 is 0 Å². The Bertz CT molecular complexity index is 432. The summed E-state index contributed by atoms with van der Waals surface area (Å²) in [5.41, 5.74) is -0.870. The van der Waals surface area contributed by atoms with Crippen molar-refractivity contribution in [3.8, 4) is 0 Å². The van der Waals surface area contributed by atoms with E-state index >= 15 is 0 Å². The average molecular weight is 265 g/mol. The molecule has 1 aliphatic carbocycles. The summed E-state index contributed by atoms with van der Waals surface area (Å²) in [6, 6.07) is 3.52. The van der Waals surface area contributed by atoms with Crippen molar-refractivity contribution in [3.05, 3.63) is 24.2 Å². The minimum atomic E-state index is -0.870. The first-order valence-corrected chi connectivity index (χ1v) is 6.65. The highest BCUT2D eigenvalue weighted by molar-refractivity contribution is 5.85. The van der Waals surface area contributed by atoms with E-state index < -0.39 is 11.4 Å². The van der Waals surface area contributed by atoms with Crippen molar-refractivity contribution in [2.75, 3.05) is 0 Å². The Morgan fingerprint density at radius 2 is 2.05 bits per heavy atom. The van der Waals surface area contributed by atoms with E-state index in [2.05, 4.69) is 5.32 Å². The van der Waals surface area contributed by atoms with Gasteiger partial charge in [-0.1, -0.05) is 19.3 Å². The Morgan fingerprint density at radius 3 is 2.63 bits per heavy atom. The van der Waals surface area contributed by atoms with Gasteiger partial charge in [0.15, 0.2) is 0 Å². The molecule has 0 atom stereocenters. The van der Waals surface area contributed by atoms with Crippen molar-refractivity contribution in [2.24, 2.45) is 5.41 Å². The predicted molar refractivity (Wildman–Crippen MR) is 68.3 cm³/mol. The molecule has 104 valence electrons. The number of furan rings is 1. The second-order valence-electron chi connectivity index (χ2n) is 5.18. The number of aliphatic carboxylic acids is 1. The van der Waals surface area contributed by atoms with Crippen LogP contribution in [0.1, 0.15) is 44.3 Å². The van der Waals surface area contributed by atoms with Crippen molar-refractivity contribution in [1.29, 1.82) is 0 Å². The number of hydrogen-bond acceptors (Lipinski definition) is 3. The molecule has 1 amide bonds. The van der Waals surface area contributed by atoms with Gasteiger partial charge in [0, 0.05) is 6.42 Å². The summed E-state index contributed by atoms with van der Waals surface area (Å²) >= 11 is 0. The maximum atomic E-state index is 11.9. The summed E-state index contributed by atoms with van der Waals surface area (Å²) in [7, 11) is 0. The topological polar surface area (TPSA) is 79.5 Å². The van der Waals surface area contributed by atoms with Crippen LogP contribution in [0.25, 0.3) is 0 Å². The highest BCUT2D eigenvalue weighted by Crippen LogP contribution is 2.39. The molecule has 0 radical (unpaired) electrons. The van der Waals surface area contributed by atoms with E-state index in [0.29, 0.717) is 25.1 Å². The van der Waals surface area contributed by atoms with E-state index in [1.165, 1.54) is 0 Å². The van der Waals surface area contributed by atoms with Gasteiger partial charge in [-0.2, -0.15) is 0 Å². The summed E-state index contributed by atoms with van der Waals surface area (Å²) in [4.78, 5) is 23.3. The molecule has 0 aromatic carbocycles. The molecule has 0 spiro atoms. The van der Waals surface area contributed by atoms with Gasteiger partial charge in [-0.3, -0.25) is 9.59 Å². The van der Waals surface area contributed by atoms with Crippen LogP contribution in [0.3, 0.4) is 0 Å². The molecule has 5 nitrogen and oxygen atoms in total. The SMILES string of the molecule is O=C(CC1(C(=O)O)CCCCC1)NCc1ccco1. The third kappa shape index (κ3) is 3.36. The number of nitrogens with one attached hydrogen (secondary N) is 1. The van der Waals surface area contributed by atoms with Crippen molar-refractivity contribution in [2.45, 2.75) is 45.1 Å². The largest absolute Gasteiger partial charge is 0.481 e. The van der Waals surface area contributed by atoms with E-state index in [-0.39, 0.29) is 12.3 Å². The molecule has 0 saturated heterocycles. The zero-order chi connectivity index (χ0) is 13.7. The summed E-state index contributed by atoms with van der Waals surface area (Å²) in [5.74, 6) is -0.401. The van der Waals surface area contributed by atoms with E-state index in [4.69, 9.17) is 4.42 Å². The zero-order valence-electron chi connectivity index (χ0n) is 10.9. The van der Waals surface area contributed by atoms with Gasteiger partial charge in [0.2, 0.25) is 5.91 Å². The van der Waals surface area contributed by atoms with Crippen molar-refractivity contribution >= 4 is 11.9 Å². The van der Waals surface area contributed by atoms with Gasteiger partial charge < -0.3 is 14.8 Å². The van der Waals surface area contributed by atoms with Crippen LogP contribution in [0.4, 0.5) is 0 Å². The highest BCUT2D eigenvalue weighted by atomic mass is 16.4. The maximum absolute atomic E-state index is 11.9. The molecule has 0 aliphatic heterocycles. The number of rotatable bonds is 5. The van der Waals surface area contributed by atoms with E-state index in [1.54, 1.807) is 18.4 Å². The van der Waals surface area contributed by atoms with E-state index in [9.17, 15) is 14.7 Å². The van der Waals surface area contributed by atoms with Crippen LogP contribution in [-0.2, 0) is 16.1 Å². The lowest BCUT2D eigenvalue weighted by atomic mass is 9.71. The molecule has 1 aromatic rings. The Hall–Kier alpha value is -1.78. The molecule has 0 bridgehead atoms. The molecule has 1 aromatic heterocycles. The molecular formula is C14H19NO4. The zero-order valence-corrected chi connectivity index (χ0v) is 10.9. The smallest absolute Gasteiger partial charge is 0.310 e. The fraction of sp³-hybridized carbons (Fsp3) is 0.571. The molecule has 5 heteroatoms. The minimum Gasteiger partial charge on any atom is -0.481 e.